The zero-order valence-electron chi connectivity index (χ0n) is 9.32. The Kier molecular flexibility index (Phi) is 4.44. The molecule has 1 N–H and O–H groups in total. The predicted octanol–water partition coefficient (Wildman–Crippen LogP) is 0.683. The number of hydrogen-bond donors (Lipinski definition) is 1. The van der Waals surface area contributed by atoms with Crippen molar-refractivity contribution in [1.82, 2.24) is 10.3 Å². The first kappa shape index (κ1) is 12.2. The number of methoxy groups -OCH3 is 1. The van der Waals surface area contributed by atoms with Gasteiger partial charge in [-0.3, -0.25) is 14.6 Å². The van der Waals surface area contributed by atoms with Gasteiger partial charge in [0.05, 0.1) is 19.1 Å². The summed E-state index contributed by atoms with van der Waals surface area (Å²) >= 11 is 0. The second kappa shape index (κ2) is 5.85. The van der Waals surface area contributed by atoms with Crippen LogP contribution in [0.5, 0.6) is 0 Å². The Morgan fingerprint density at radius 1 is 1.44 bits per heavy atom. The SMILES string of the molecule is COC(=O)CCNC(=O)c1cncc(C)c1. The number of pyridine rings is 1. The molecule has 0 saturated heterocycles. The highest BCUT2D eigenvalue weighted by Crippen LogP contribution is 2.00. The van der Waals surface area contributed by atoms with Gasteiger partial charge in [0.15, 0.2) is 0 Å². The van der Waals surface area contributed by atoms with Gasteiger partial charge < -0.3 is 10.1 Å². The van der Waals surface area contributed by atoms with Gasteiger partial charge in [0.1, 0.15) is 0 Å². The van der Waals surface area contributed by atoms with Crippen LogP contribution in [-0.4, -0.2) is 30.5 Å². The molecule has 0 unspecified atom stereocenters. The Morgan fingerprint density at radius 3 is 2.81 bits per heavy atom. The van der Waals surface area contributed by atoms with Gasteiger partial charge >= 0.3 is 5.97 Å². The molecule has 0 fully saturated rings. The van der Waals surface area contributed by atoms with E-state index < -0.39 is 0 Å². The number of esters is 1. The largest absolute Gasteiger partial charge is 0.469 e. The van der Waals surface area contributed by atoms with Crippen LogP contribution in [0.1, 0.15) is 22.3 Å². The van der Waals surface area contributed by atoms with Crippen molar-refractivity contribution in [1.29, 1.82) is 0 Å². The zero-order chi connectivity index (χ0) is 12.0. The lowest BCUT2D eigenvalue weighted by Gasteiger charge is -2.04. The average molecular weight is 222 g/mol. The molecule has 1 heterocycles. The number of ether oxygens (including phenoxy) is 1. The molecule has 0 radical (unpaired) electrons. The number of aromatic nitrogens is 1. The van der Waals surface area contributed by atoms with Crippen molar-refractivity contribution in [2.24, 2.45) is 0 Å². The fraction of sp³-hybridized carbons (Fsp3) is 0.364. The normalized spacial score (nSPS) is 9.62. The van der Waals surface area contributed by atoms with Crippen molar-refractivity contribution in [2.75, 3.05) is 13.7 Å². The van der Waals surface area contributed by atoms with E-state index >= 15 is 0 Å². The fourth-order valence-corrected chi connectivity index (χ4v) is 1.16. The van der Waals surface area contributed by atoms with Crippen molar-refractivity contribution in [3.05, 3.63) is 29.6 Å². The van der Waals surface area contributed by atoms with Gasteiger partial charge in [-0.15, -0.1) is 0 Å². The van der Waals surface area contributed by atoms with Gasteiger partial charge in [0.25, 0.3) is 5.91 Å². The van der Waals surface area contributed by atoms with Crippen LogP contribution in [0.15, 0.2) is 18.5 Å². The van der Waals surface area contributed by atoms with Crippen LogP contribution in [0.25, 0.3) is 0 Å². The smallest absolute Gasteiger partial charge is 0.307 e. The van der Waals surface area contributed by atoms with Crippen molar-refractivity contribution < 1.29 is 14.3 Å². The van der Waals surface area contributed by atoms with Crippen LogP contribution >= 0.6 is 0 Å². The molecule has 0 spiro atoms. The first-order valence-corrected chi connectivity index (χ1v) is 4.90. The van der Waals surface area contributed by atoms with E-state index in [4.69, 9.17) is 0 Å². The Labute approximate surface area is 93.8 Å². The second-order valence-corrected chi connectivity index (χ2v) is 3.33. The summed E-state index contributed by atoms with van der Waals surface area (Å²) < 4.78 is 4.45. The third-order valence-electron chi connectivity index (χ3n) is 1.98. The van der Waals surface area contributed by atoms with E-state index in [1.165, 1.54) is 13.3 Å². The number of nitrogens with zero attached hydrogens (tertiary/aromatic N) is 1. The highest BCUT2D eigenvalue weighted by atomic mass is 16.5. The second-order valence-electron chi connectivity index (χ2n) is 3.33. The summed E-state index contributed by atoms with van der Waals surface area (Å²) in [6.45, 7) is 2.12. The summed E-state index contributed by atoms with van der Waals surface area (Å²) in [5.74, 6) is -0.581. The van der Waals surface area contributed by atoms with E-state index in [0.29, 0.717) is 5.56 Å². The van der Waals surface area contributed by atoms with Gasteiger partial charge in [0.2, 0.25) is 0 Å². The van der Waals surface area contributed by atoms with Crippen LogP contribution in [0.2, 0.25) is 0 Å². The van der Waals surface area contributed by atoms with Gasteiger partial charge in [-0.1, -0.05) is 0 Å². The van der Waals surface area contributed by atoms with Gasteiger partial charge in [-0.2, -0.15) is 0 Å². The molecule has 0 aliphatic carbocycles. The van der Waals surface area contributed by atoms with Crippen LogP contribution in [-0.2, 0) is 9.53 Å². The number of carbonyl (C=O) groups excluding carboxylic acids is 2. The summed E-state index contributed by atoms with van der Waals surface area (Å²) in [6.07, 6.45) is 3.33. The summed E-state index contributed by atoms with van der Waals surface area (Å²) in [5.41, 5.74) is 1.41. The minimum atomic E-state index is -0.345. The van der Waals surface area contributed by atoms with Crippen molar-refractivity contribution in [2.45, 2.75) is 13.3 Å². The molecule has 0 aliphatic rings. The highest BCUT2D eigenvalue weighted by Gasteiger charge is 2.06. The van der Waals surface area contributed by atoms with Crippen molar-refractivity contribution in [3.8, 4) is 0 Å². The van der Waals surface area contributed by atoms with E-state index in [9.17, 15) is 9.59 Å². The number of nitrogens with one attached hydrogen (secondary N) is 1. The van der Waals surface area contributed by atoms with Crippen LogP contribution in [0.3, 0.4) is 0 Å². The number of aryl methyl sites for hydroxylation is 1. The Balaban J connectivity index is 2.44. The minimum Gasteiger partial charge on any atom is -0.469 e. The monoisotopic (exact) mass is 222 g/mol. The number of carbonyl (C=O) groups is 2. The predicted molar refractivity (Wildman–Crippen MR) is 57.9 cm³/mol. The van der Waals surface area contributed by atoms with E-state index in [1.54, 1.807) is 12.3 Å². The molecule has 0 atom stereocenters. The maximum absolute atomic E-state index is 11.6. The van der Waals surface area contributed by atoms with Crippen LogP contribution in [0, 0.1) is 6.92 Å². The highest BCUT2D eigenvalue weighted by molar-refractivity contribution is 5.94. The molecular weight excluding hydrogens is 208 g/mol. The summed E-state index contributed by atoms with van der Waals surface area (Å²) in [4.78, 5) is 26.3. The molecular formula is C11H14N2O3. The van der Waals surface area contributed by atoms with E-state index in [-0.39, 0.29) is 24.8 Å². The standard InChI is InChI=1S/C11H14N2O3/c1-8-5-9(7-12-6-8)11(15)13-4-3-10(14)16-2/h5-7H,3-4H2,1-2H3,(H,13,15). The molecule has 1 amide bonds. The molecule has 1 aromatic heterocycles. The van der Waals surface area contributed by atoms with Gasteiger partial charge in [-0.05, 0) is 18.6 Å². The number of rotatable bonds is 4. The molecule has 0 aromatic carbocycles. The Morgan fingerprint density at radius 2 is 2.19 bits per heavy atom. The van der Waals surface area contributed by atoms with E-state index in [1.807, 2.05) is 6.92 Å². The minimum absolute atomic E-state index is 0.168. The fourth-order valence-electron chi connectivity index (χ4n) is 1.16. The number of hydrogen-bond acceptors (Lipinski definition) is 4. The summed E-state index contributed by atoms with van der Waals surface area (Å²) in [6, 6.07) is 1.74. The maximum atomic E-state index is 11.6. The molecule has 0 saturated carbocycles. The first-order valence-electron chi connectivity index (χ1n) is 4.90. The Bertz CT molecular complexity index is 391. The van der Waals surface area contributed by atoms with Gasteiger partial charge in [-0.25, -0.2) is 0 Å². The Hall–Kier alpha value is -1.91. The molecule has 0 bridgehead atoms. The van der Waals surface area contributed by atoms with Crippen LogP contribution < -0.4 is 5.32 Å². The van der Waals surface area contributed by atoms with Crippen molar-refractivity contribution >= 4 is 11.9 Å². The molecule has 5 heteroatoms. The first-order chi connectivity index (χ1) is 7.63. The molecule has 5 nitrogen and oxygen atoms in total. The van der Waals surface area contributed by atoms with E-state index in [2.05, 4.69) is 15.0 Å². The topological polar surface area (TPSA) is 68.3 Å². The average Bonchev–Trinajstić information content (AvgIpc) is 2.28. The molecule has 86 valence electrons. The quantitative estimate of drug-likeness (QED) is 0.761. The zero-order valence-corrected chi connectivity index (χ0v) is 9.32. The lowest BCUT2D eigenvalue weighted by molar-refractivity contribution is -0.140. The lowest BCUT2D eigenvalue weighted by atomic mass is 10.2. The molecule has 1 rings (SSSR count). The third-order valence-corrected chi connectivity index (χ3v) is 1.98. The third kappa shape index (κ3) is 3.68. The summed E-state index contributed by atoms with van der Waals surface area (Å²) in [5, 5.41) is 2.61. The molecule has 1 aromatic rings. The molecule has 16 heavy (non-hydrogen) atoms. The van der Waals surface area contributed by atoms with Crippen LogP contribution in [0.4, 0.5) is 0 Å². The van der Waals surface area contributed by atoms with Crippen molar-refractivity contribution in [3.63, 3.8) is 0 Å². The summed E-state index contributed by atoms with van der Waals surface area (Å²) in [7, 11) is 1.31. The lowest BCUT2D eigenvalue weighted by Crippen LogP contribution is -2.26. The molecule has 0 aliphatic heterocycles. The number of amides is 1. The maximum Gasteiger partial charge on any atom is 0.307 e. The van der Waals surface area contributed by atoms with Gasteiger partial charge in [0, 0.05) is 18.9 Å². The van der Waals surface area contributed by atoms with E-state index in [0.717, 1.165) is 5.56 Å².